The fourth-order valence-electron chi connectivity index (χ4n) is 3.49. The lowest BCUT2D eigenvalue weighted by atomic mass is 9.86. The molecule has 126 valence electrons. The maximum Gasteiger partial charge on any atom is 0.257 e. The third-order valence-electron chi connectivity index (χ3n) is 4.70. The molecule has 2 fully saturated rings. The van der Waals surface area contributed by atoms with Gasteiger partial charge in [0, 0.05) is 46.8 Å². The molecule has 2 aliphatic rings. The Morgan fingerprint density at radius 2 is 2.17 bits per heavy atom. The molecule has 0 radical (unpaired) electrons. The van der Waals surface area contributed by atoms with E-state index < -0.39 is 0 Å². The van der Waals surface area contributed by atoms with E-state index in [2.05, 4.69) is 9.97 Å². The van der Waals surface area contributed by atoms with Crippen molar-refractivity contribution in [2.75, 3.05) is 45.8 Å². The predicted octanol–water partition coefficient (Wildman–Crippen LogP) is 0.953. The number of carbonyl (C=O) groups is 1. The minimum Gasteiger partial charge on any atom is -0.378 e. The molecule has 2 atom stereocenters. The van der Waals surface area contributed by atoms with E-state index in [9.17, 15) is 4.79 Å². The highest BCUT2D eigenvalue weighted by Gasteiger charge is 2.48. The zero-order chi connectivity index (χ0) is 16.4. The minimum absolute atomic E-state index is 0.0419. The largest absolute Gasteiger partial charge is 0.378 e. The number of likely N-dealkylation sites (tertiary alicyclic amines) is 1. The van der Waals surface area contributed by atoms with Crippen LogP contribution in [0.4, 0.5) is 5.95 Å². The first-order chi connectivity index (χ1) is 11.1. The van der Waals surface area contributed by atoms with E-state index in [-0.39, 0.29) is 17.6 Å². The fourth-order valence-corrected chi connectivity index (χ4v) is 3.49. The Labute approximate surface area is 136 Å². The van der Waals surface area contributed by atoms with Crippen LogP contribution in [-0.4, -0.2) is 73.4 Å². The summed E-state index contributed by atoms with van der Waals surface area (Å²) in [6, 6.07) is 0. The second kappa shape index (κ2) is 6.41. The molecule has 7 nitrogen and oxygen atoms in total. The summed E-state index contributed by atoms with van der Waals surface area (Å²) in [5.74, 6) is 0.551. The maximum atomic E-state index is 12.8. The number of amides is 1. The lowest BCUT2D eigenvalue weighted by molar-refractivity contribution is -0.137. The number of carbonyl (C=O) groups excluding carboxylic acids is 1. The first-order valence-corrected chi connectivity index (χ1v) is 8.01. The van der Waals surface area contributed by atoms with Gasteiger partial charge in [0.2, 0.25) is 5.95 Å². The number of anilines is 1. The second-order valence-electron chi connectivity index (χ2n) is 6.42. The second-order valence-corrected chi connectivity index (χ2v) is 6.42. The van der Waals surface area contributed by atoms with E-state index in [0.29, 0.717) is 24.6 Å². The molecule has 7 heteroatoms. The highest BCUT2D eigenvalue weighted by molar-refractivity contribution is 5.93. The number of methoxy groups -OCH3 is 1. The van der Waals surface area contributed by atoms with E-state index in [1.165, 1.54) is 0 Å². The molecule has 1 aromatic rings. The Hall–Kier alpha value is -1.73. The molecule has 0 aliphatic carbocycles. The zero-order valence-corrected chi connectivity index (χ0v) is 14.0. The number of hydrogen-bond donors (Lipinski definition) is 0. The first kappa shape index (κ1) is 16.1. The number of ether oxygens (including phenoxy) is 2. The fraction of sp³-hybridized carbons (Fsp3) is 0.688. The van der Waals surface area contributed by atoms with E-state index in [4.69, 9.17) is 9.47 Å². The lowest BCUT2D eigenvalue weighted by Gasteiger charge is -2.44. The summed E-state index contributed by atoms with van der Waals surface area (Å²) in [5.41, 5.74) is 0.159. The van der Waals surface area contributed by atoms with Crippen molar-refractivity contribution in [2.24, 2.45) is 0 Å². The van der Waals surface area contributed by atoms with Crippen molar-refractivity contribution in [3.63, 3.8) is 0 Å². The van der Waals surface area contributed by atoms with Gasteiger partial charge in [-0.1, -0.05) is 0 Å². The molecule has 3 rings (SSSR count). The molecule has 1 amide bonds. The number of nitrogens with zero attached hydrogens (tertiary/aromatic N) is 4. The smallest absolute Gasteiger partial charge is 0.257 e. The van der Waals surface area contributed by atoms with Gasteiger partial charge in [-0.3, -0.25) is 4.79 Å². The molecule has 0 unspecified atom stereocenters. The molecule has 0 bridgehead atoms. The first-order valence-electron chi connectivity index (χ1n) is 8.01. The number of rotatable bonds is 3. The van der Waals surface area contributed by atoms with Gasteiger partial charge in [-0.25, -0.2) is 9.97 Å². The molecule has 1 aromatic heterocycles. The summed E-state index contributed by atoms with van der Waals surface area (Å²) in [6.07, 6.45) is 5.98. The van der Waals surface area contributed by atoms with Crippen molar-refractivity contribution in [3.05, 3.63) is 18.0 Å². The summed E-state index contributed by atoms with van der Waals surface area (Å²) < 4.78 is 11.6. The standard InChI is InChI=1S/C16H24N4O3/c1-19(2)15-17-9-12(10-18-15)14(21)20-7-5-13(22-3)16(11-20)6-4-8-23-16/h9-10,13H,4-8,11H2,1-3H3/t13-,16-/m0/s1. The molecule has 0 saturated carbocycles. The Morgan fingerprint density at radius 1 is 1.43 bits per heavy atom. The van der Waals surface area contributed by atoms with Crippen LogP contribution in [-0.2, 0) is 9.47 Å². The number of hydrogen-bond acceptors (Lipinski definition) is 6. The maximum absolute atomic E-state index is 12.8. The third kappa shape index (κ3) is 3.03. The quantitative estimate of drug-likeness (QED) is 0.826. The molecule has 2 saturated heterocycles. The van der Waals surface area contributed by atoms with Crippen LogP contribution in [0.15, 0.2) is 12.4 Å². The summed E-state index contributed by atoms with van der Waals surface area (Å²) in [6.45, 7) is 1.97. The van der Waals surface area contributed by atoms with Gasteiger partial charge < -0.3 is 19.3 Å². The number of piperidine rings is 1. The van der Waals surface area contributed by atoms with Crippen molar-refractivity contribution in [3.8, 4) is 0 Å². The van der Waals surface area contributed by atoms with Gasteiger partial charge in [-0.05, 0) is 19.3 Å². The van der Waals surface area contributed by atoms with E-state index in [1.807, 2.05) is 19.0 Å². The summed E-state index contributed by atoms with van der Waals surface area (Å²) >= 11 is 0. The van der Waals surface area contributed by atoms with Crippen LogP contribution in [0.25, 0.3) is 0 Å². The average molecular weight is 320 g/mol. The van der Waals surface area contributed by atoms with Crippen molar-refractivity contribution < 1.29 is 14.3 Å². The topological polar surface area (TPSA) is 67.8 Å². The lowest BCUT2D eigenvalue weighted by Crippen LogP contribution is -2.58. The van der Waals surface area contributed by atoms with Gasteiger partial charge >= 0.3 is 0 Å². The Morgan fingerprint density at radius 3 is 2.74 bits per heavy atom. The van der Waals surface area contributed by atoms with E-state index in [0.717, 1.165) is 25.9 Å². The van der Waals surface area contributed by atoms with Crippen LogP contribution < -0.4 is 4.90 Å². The summed E-state index contributed by atoms with van der Waals surface area (Å²) in [4.78, 5) is 24.9. The van der Waals surface area contributed by atoms with Crippen LogP contribution in [0, 0.1) is 0 Å². The zero-order valence-electron chi connectivity index (χ0n) is 14.0. The molecular formula is C16H24N4O3. The average Bonchev–Trinajstić information content (AvgIpc) is 3.03. The van der Waals surface area contributed by atoms with E-state index >= 15 is 0 Å². The Bertz CT molecular complexity index is 555. The normalized spacial score (nSPS) is 27.4. The Kier molecular flexibility index (Phi) is 4.50. The highest BCUT2D eigenvalue weighted by atomic mass is 16.6. The SMILES string of the molecule is CO[C@H]1CCN(C(=O)c2cnc(N(C)C)nc2)C[C@@]12CCCO2. The molecule has 23 heavy (non-hydrogen) atoms. The molecule has 1 spiro atoms. The van der Waals surface area contributed by atoms with Crippen LogP contribution in [0.3, 0.4) is 0 Å². The third-order valence-corrected chi connectivity index (χ3v) is 4.70. The molecule has 3 heterocycles. The summed E-state index contributed by atoms with van der Waals surface area (Å²) in [5, 5.41) is 0. The van der Waals surface area contributed by atoms with E-state index in [1.54, 1.807) is 24.4 Å². The van der Waals surface area contributed by atoms with Crippen LogP contribution in [0.2, 0.25) is 0 Å². The minimum atomic E-state index is -0.354. The monoisotopic (exact) mass is 320 g/mol. The van der Waals surface area contributed by atoms with Crippen molar-refractivity contribution >= 4 is 11.9 Å². The number of aromatic nitrogens is 2. The van der Waals surface area contributed by atoms with Gasteiger partial charge in [0.25, 0.3) is 5.91 Å². The molecule has 0 N–H and O–H groups in total. The predicted molar refractivity (Wildman–Crippen MR) is 85.6 cm³/mol. The molecule has 0 aromatic carbocycles. The van der Waals surface area contributed by atoms with Gasteiger partial charge in [0.05, 0.1) is 18.2 Å². The van der Waals surface area contributed by atoms with Crippen molar-refractivity contribution in [2.45, 2.75) is 31.0 Å². The van der Waals surface area contributed by atoms with Crippen molar-refractivity contribution in [1.29, 1.82) is 0 Å². The Balaban J connectivity index is 1.75. The van der Waals surface area contributed by atoms with Crippen LogP contribution in [0.5, 0.6) is 0 Å². The summed E-state index contributed by atoms with van der Waals surface area (Å²) in [7, 11) is 5.46. The van der Waals surface area contributed by atoms with Gasteiger partial charge in [-0.15, -0.1) is 0 Å². The molecule has 2 aliphatic heterocycles. The van der Waals surface area contributed by atoms with Crippen LogP contribution >= 0.6 is 0 Å². The van der Waals surface area contributed by atoms with Gasteiger partial charge in [0.15, 0.2) is 0 Å². The van der Waals surface area contributed by atoms with Crippen LogP contribution in [0.1, 0.15) is 29.6 Å². The van der Waals surface area contributed by atoms with Crippen molar-refractivity contribution in [1.82, 2.24) is 14.9 Å². The highest BCUT2D eigenvalue weighted by Crippen LogP contribution is 2.36. The van der Waals surface area contributed by atoms with Gasteiger partial charge in [-0.2, -0.15) is 0 Å². The van der Waals surface area contributed by atoms with Gasteiger partial charge in [0.1, 0.15) is 5.60 Å². The molecular weight excluding hydrogens is 296 g/mol.